The van der Waals surface area contributed by atoms with Gasteiger partial charge in [0.25, 0.3) is 0 Å². The van der Waals surface area contributed by atoms with E-state index in [0.29, 0.717) is 13.0 Å². The first-order valence-electron chi connectivity index (χ1n) is 10.3. The van der Waals surface area contributed by atoms with Gasteiger partial charge in [-0.15, -0.1) is 0 Å². The zero-order valence-corrected chi connectivity index (χ0v) is 17.7. The zero-order chi connectivity index (χ0) is 21.1. The Labute approximate surface area is 172 Å². The number of nitrogens with zero attached hydrogens (tertiary/aromatic N) is 2. The second kappa shape index (κ2) is 8.53. The van der Waals surface area contributed by atoms with Crippen molar-refractivity contribution in [2.45, 2.75) is 37.6 Å². The Morgan fingerprint density at radius 3 is 2.31 bits per heavy atom. The molecule has 2 fully saturated rings. The number of amides is 3. The first kappa shape index (κ1) is 21.3. The van der Waals surface area contributed by atoms with E-state index < -0.39 is 0 Å². The van der Waals surface area contributed by atoms with Crippen LogP contribution < -0.4 is 10.6 Å². The molecule has 158 valence electrons. The predicted molar refractivity (Wildman–Crippen MR) is 111 cm³/mol. The average Bonchev–Trinajstić information content (AvgIpc) is 3.02. The minimum atomic E-state index is -0.290. The van der Waals surface area contributed by atoms with Gasteiger partial charge in [-0.3, -0.25) is 19.3 Å². The van der Waals surface area contributed by atoms with E-state index in [4.69, 9.17) is 0 Å². The number of likely N-dealkylation sites (N-methyl/N-ethyl adjacent to an activating group) is 1. The summed E-state index contributed by atoms with van der Waals surface area (Å²) in [4.78, 5) is 40.0. The summed E-state index contributed by atoms with van der Waals surface area (Å²) in [5.41, 5.74) is 1.27. The van der Waals surface area contributed by atoms with Gasteiger partial charge in [0.15, 0.2) is 0 Å². The van der Waals surface area contributed by atoms with Gasteiger partial charge in [-0.05, 0) is 50.8 Å². The fourth-order valence-corrected chi connectivity index (χ4v) is 4.89. The highest BCUT2D eigenvalue weighted by Gasteiger charge is 2.50. The molecular formula is C22H32N4O3. The van der Waals surface area contributed by atoms with Crippen LogP contribution in [-0.2, 0) is 19.9 Å². The summed E-state index contributed by atoms with van der Waals surface area (Å²) in [5, 5.41) is 5.03. The highest BCUT2D eigenvalue weighted by atomic mass is 16.2. The number of hydrogen-bond acceptors (Lipinski definition) is 4. The maximum atomic E-state index is 12.6. The topological polar surface area (TPSA) is 81.8 Å². The van der Waals surface area contributed by atoms with Gasteiger partial charge in [-0.25, -0.2) is 0 Å². The second-order valence-corrected chi connectivity index (χ2v) is 8.67. The van der Waals surface area contributed by atoms with E-state index in [1.807, 2.05) is 6.07 Å². The molecule has 1 saturated carbocycles. The molecule has 2 N–H and O–H groups in total. The number of likely N-dealkylation sites (tertiary alicyclic amines) is 1. The fourth-order valence-electron chi connectivity index (χ4n) is 4.89. The molecule has 1 saturated heterocycles. The SMILES string of the molecule is CNC(=O)CNC(=O)CN1CC2(CCC(c3ccccc3)(N(C)C)CC2)CC1=O. The third-order valence-electron chi connectivity index (χ3n) is 6.77. The van der Waals surface area contributed by atoms with Gasteiger partial charge < -0.3 is 15.5 Å². The molecule has 0 radical (unpaired) electrons. The van der Waals surface area contributed by atoms with Crippen molar-refractivity contribution in [2.75, 3.05) is 40.8 Å². The number of nitrogens with one attached hydrogen (secondary N) is 2. The first-order chi connectivity index (χ1) is 13.8. The molecule has 0 aromatic heterocycles. The van der Waals surface area contributed by atoms with Crippen LogP contribution in [0.1, 0.15) is 37.7 Å². The van der Waals surface area contributed by atoms with Crippen molar-refractivity contribution in [1.82, 2.24) is 20.4 Å². The molecule has 1 aromatic rings. The number of rotatable bonds is 6. The van der Waals surface area contributed by atoms with Crippen molar-refractivity contribution in [1.29, 1.82) is 0 Å². The molecule has 0 unspecified atom stereocenters. The molecule has 0 atom stereocenters. The summed E-state index contributed by atoms with van der Waals surface area (Å²) in [7, 11) is 5.79. The van der Waals surface area contributed by atoms with Gasteiger partial charge in [-0.2, -0.15) is 0 Å². The van der Waals surface area contributed by atoms with Crippen molar-refractivity contribution < 1.29 is 14.4 Å². The van der Waals surface area contributed by atoms with Crippen molar-refractivity contribution in [3.05, 3.63) is 35.9 Å². The minimum absolute atomic E-state index is 0.00608. The maximum Gasteiger partial charge on any atom is 0.240 e. The number of benzene rings is 1. The number of hydrogen-bond donors (Lipinski definition) is 2. The van der Waals surface area contributed by atoms with Gasteiger partial charge in [0.05, 0.1) is 13.1 Å². The summed E-state index contributed by atoms with van der Waals surface area (Å²) in [6.07, 6.45) is 4.42. The smallest absolute Gasteiger partial charge is 0.240 e. The Balaban J connectivity index is 1.63. The molecule has 3 rings (SSSR count). The van der Waals surface area contributed by atoms with Crippen LogP contribution in [0.5, 0.6) is 0 Å². The van der Waals surface area contributed by atoms with Crippen LogP contribution in [0, 0.1) is 5.41 Å². The molecule has 7 nitrogen and oxygen atoms in total. The van der Waals surface area contributed by atoms with Crippen LogP contribution in [0.4, 0.5) is 0 Å². The standard InChI is InChI=1S/C22H32N4O3/c1-23-18(27)14-24-19(28)15-26-16-21(13-20(26)29)9-11-22(12-10-21,25(2)3)17-7-5-4-6-8-17/h4-8H,9-16H2,1-3H3,(H,23,27)(H,24,28). The second-order valence-electron chi connectivity index (χ2n) is 8.67. The first-order valence-corrected chi connectivity index (χ1v) is 10.3. The number of carbonyl (C=O) groups excluding carboxylic acids is 3. The minimum Gasteiger partial charge on any atom is -0.358 e. The number of carbonyl (C=O) groups is 3. The van der Waals surface area contributed by atoms with Crippen molar-refractivity contribution in [2.24, 2.45) is 5.41 Å². The Hall–Kier alpha value is -2.41. The molecule has 1 aliphatic carbocycles. The van der Waals surface area contributed by atoms with Crippen LogP contribution in [-0.4, -0.2) is 68.3 Å². The molecule has 2 aliphatic rings. The van der Waals surface area contributed by atoms with Gasteiger partial charge in [0, 0.05) is 25.6 Å². The predicted octanol–water partition coefficient (Wildman–Crippen LogP) is 1.10. The Kier molecular flexibility index (Phi) is 6.27. The van der Waals surface area contributed by atoms with E-state index in [1.165, 1.54) is 12.6 Å². The fraction of sp³-hybridized carbons (Fsp3) is 0.591. The van der Waals surface area contributed by atoms with Crippen LogP contribution >= 0.6 is 0 Å². The van der Waals surface area contributed by atoms with Gasteiger partial charge in [-0.1, -0.05) is 30.3 Å². The molecule has 1 aromatic carbocycles. The highest BCUT2D eigenvalue weighted by Crippen LogP contribution is 2.51. The van der Waals surface area contributed by atoms with E-state index in [-0.39, 0.29) is 41.8 Å². The monoisotopic (exact) mass is 400 g/mol. The van der Waals surface area contributed by atoms with Gasteiger partial charge in [0.1, 0.15) is 0 Å². The molecule has 3 amide bonds. The lowest BCUT2D eigenvalue weighted by atomic mass is 9.64. The Morgan fingerprint density at radius 2 is 1.72 bits per heavy atom. The molecule has 1 aliphatic heterocycles. The third-order valence-corrected chi connectivity index (χ3v) is 6.77. The highest BCUT2D eigenvalue weighted by molar-refractivity contribution is 5.89. The summed E-state index contributed by atoms with van der Waals surface area (Å²) in [6.45, 7) is 0.581. The average molecular weight is 401 g/mol. The van der Waals surface area contributed by atoms with Crippen LogP contribution in [0.2, 0.25) is 0 Å². The normalized spacial score (nSPS) is 26.8. The summed E-state index contributed by atoms with van der Waals surface area (Å²) < 4.78 is 0. The summed E-state index contributed by atoms with van der Waals surface area (Å²) in [5.74, 6) is -0.505. The van der Waals surface area contributed by atoms with Crippen molar-refractivity contribution >= 4 is 17.7 Å². The molecule has 1 spiro atoms. The summed E-state index contributed by atoms with van der Waals surface area (Å²) in [6, 6.07) is 10.6. The Bertz CT molecular complexity index is 755. The Morgan fingerprint density at radius 1 is 1.07 bits per heavy atom. The maximum absolute atomic E-state index is 12.6. The van der Waals surface area contributed by atoms with Crippen molar-refractivity contribution in [3.8, 4) is 0 Å². The summed E-state index contributed by atoms with van der Waals surface area (Å²) >= 11 is 0. The lowest BCUT2D eigenvalue weighted by Gasteiger charge is -2.48. The van der Waals surface area contributed by atoms with Crippen LogP contribution in [0.15, 0.2) is 30.3 Å². The van der Waals surface area contributed by atoms with Gasteiger partial charge >= 0.3 is 0 Å². The van der Waals surface area contributed by atoms with Gasteiger partial charge in [0.2, 0.25) is 17.7 Å². The van der Waals surface area contributed by atoms with E-state index in [9.17, 15) is 14.4 Å². The largest absolute Gasteiger partial charge is 0.358 e. The van der Waals surface area contributed by atoms with Crippen LogP contribution in [0.3, 0.4) is 0 Å². The van der Waals surface area contributed by atoms with E-state index in [1.54, 1.807) is 4.90 Å². The van der Waals surface area contributed by atoms with Crippen molar-refractivity contribution in [3.63, 3.8) is 0 Å². The van der Waals surface area contributed by atoms with E-state index in [0.717, 1.165) is 25.7 Å². The molecule has 0 bridgehead atoms. The lowest BCUT2D eigenvalue weighted by Crippen LogP contribution is -2.47. The molecule has 1 heterocycles. The lowest BCUT2D eigenvalue weighted by molar-refractivity contribution is -0.133. The van der Waals surface area contributed by atoms with Crippen LogP contribution in [0.25, 0.3) is 0 Å². The molecule has 29 heavy (non-hydrogen) atoms. The van der Waals surface area contributed by atoms with E-state index in [2.05, 4.69) is 53.9 Å². The molecular weight excluding hydrogens is 368 g/mol. The van der Waals surface area contributed by atoms with E-state index >= 15 is 0 Å². The molecule has 7 heteroatoms. The quantitative estimate of drug-likeness (QED) is 0.749. The third kappa shape index (κ3) is 4.45. The zero-order valence-electron chi connectivity index (χ0n) is 17.7.